The second kappa shape index (κ2) is 4.48. The van der Waals surface area contributed by atoms with Gasteiger partial charge < -0.3 is 0 Å². The minimum atomic E-state index is -0.135. The maximum absolute atomic E-state index is 13.2. The summed E-state index contributed by atoms with van der Waals surface area (Å²) >= 11 is 0. The second-order valence-corrected chi connectivity index (χ2v) is 4.14. The van der Waals surface area contributed by atoms with E-state index in [1.165, 1.54) is 5.56 Å². The van der Waals surface area contributed by atoms with E-state index in [-0.39, 0.29) is 5.82 Å². The number of hydrogen-bond acceptors (Lipinski definition) is 0. The summed E-state index contributed by atoms with van der Waals surface area (Å²) in [5, 5.41) is 0. The van der Waals surface area contributed by atoms with Crippen LogP contribution in [0.4, 0.5) is 4.39 Å². The van der Waals surface area contributed by atoms with Crippen molar-refractivity contribution in [3.63, 3.8) is 0 Å². The molecule has 0 nitrogen and oxygen atoms in total. The highest BCUT2D eigenvalue weighted by molar-refractivity contribution is 5.34. The monoisotopic (exact) mass is 214 g/mol. The molecule has 0 bridgehead atoms. The molecule has 0 fully saturated rings. The van der Waals surface area contributed by atoms with Crippen molar-refractivity contribution in [3.05, 3.63) is 71.0 Å². The normalized spacial score (nSPS) is 12.4. The lowest BCUT2D eigenvalue weighted by atomic mass is 9.92. The van der Waals surface area contributed by atoms with Gasteiger partial charge in [-0.1, -0.05) is 49.4 Å². The summed E-state index contributed by atoms with van der Waals surface area (Å²) in [7, 11) is 0. The summed E-state index contributed by atoms with van der Waals surface area (Å²) in [4.78, 5) is 0. The Morgan fingerprint density at radius 3 is 2.25 bits per heavy atom. The van der Waals surface area contributed by atoms with Gasteiger partial charge in [-0.15, -0.1) is 0 Å². The summed E-state index contributed by atoms with van der Waals surface area (Å²) in [5.41, 5.74) is 3.12. The minimum absolute atomic E-state index is 0.135. The summed E-state index contributed by atoms with van der Waals surface area (Å²) in [6.45, 7) is 3.94. The highest BCUT2D eigenvalue weighted by Crippen LogP contribution is 2.25. The summed E-state index contributed by atoms with van der Waals surface area (Å²) in [5.74, 6) is 0.171. The Balaban J connectivity index is 2.34. The lowest BCUT2D eigenvalue weighted by Crippen LogP contribution is -1.97. The molecule has 0 amide bonds. The van der Waals surface area contributed by atoms with E-state index in [2.05, 4.69) is 19.1 Å². The maximum Gasteiger partial charge on any atom is 0.126 e. The van der Waals surface area contributed by atoms with Crippen molar-refractivity contribution in [2.45, 2.75) is 19.8 Å². The Kier molecular flexibility index (Phi) is 3.04. The van der Waals surface area contributed by atoms with Crippen molar-refractivity contribution in [2.24, 2.45) is 0 Å². The first-order valence-electron chi connectivity index (χ1n) is 5.49. The van der Waals surface area contributed by atoms with Gasteiger partial charge in [-0.2, -0.15) is 0 Å². The van der Waals surface area contributed by atoms with Gasteiger partial charge in [0.25, 0.3) is 0 Å². The molecular formula is C15H15F. The van der Waals surface area contributed by atoms with Crippen LogP contribution >= 0.6 is 0 Å². The molecule has 0 aliphatic carbocycles. The molecule has 1 heteroatoms. The molecule has 82 valence electrons. The number of halogens is 1. The van der Waals surface area contributed by atoms with Crippen LogP contribution in [0.3, 0.4) is 0 Å². The van der Waals surface area contributed by atoms with Gasteiger partial charge in [0.15, 0.2) is 0 Å². The molecule has 0 saturated heterocycles. The predicted octanol–water partition coefficient (Wildman–Crippen LogP) is 4.29. The minimum Gasteiger partial charge on any atom is -0.207 e. The first kappa shape index (κ1) is 10.9. The quantitative estimate of drug-likeness (QED) is 0.699. The zero-order valence-corrected chi connectivity index (χ0v) is 9.57. The predicted molar refractivity (Wildman–Crippen MR) is 65.1 cm³/mol. The zero-order valence-electron chi connectivity index (χ0n) is 9.57. The van der Waals surface area contributed by atoms with Crippen LogP contribution in [0.5, 0.6) is 0 Å². The Hall–Kier alpha value is -1.63. The van der Waals surface area contributed by atoms with Crippen molar-refractivity contribution < 1.29 is 4.39 Å². The third kappa shape index (κ3) is 2.13. The zero-order chi connectivity index (χ0) is 11.5. The molecule has 2 aromatic rings. The van der Waals surface area contributed by atoms with E-state index < -0.39 is 0 Å². The van der Waals surface area contributed by atoms with Crippen LogP contribution in [-0.2, 0) is 0 Å². The molecular weight excluding hydrogens is 199 g/mol. The van der Waals surface area contributed by atoms with Crippen LogP contribution in [0.1, 0.15) is 29.5 Å². The standard InChI is InChI=1S/C15H15F/c1-11-10-14(8-9-15(11)16)12(2)13-6-4-3-5-7-13/h3-10,12H,1-2H3. The first-order valence-corrected chi connectivity index (χ1v) is 5.49. The van der Waals surface area contributed by atoms with Crippen LogP contribution in [-0.4, -0.2) is 0 Å². The van der Waals surface area contributed by atoms with Crippen molar-refractivity contribution in [2.75, 3.05) is 0 Å². The van der Waals surface area contributed by atoms with Gasteiger partial charge in [-0.05, 0) is 29.7 Å². The summed E-state index contributed by atoms with van der Waals surface area (Å²) in [6.07, 6.45) is 0. The molecule has 0 radical (unpaired) electrons. The lowest BCUT2D eigenvalue weighted by Gasteiger charge is -2.13. The largest absolute Gasteiger partial charge is 0.207 e. The van der Waals surface area contributed by atoms with Crippen LogP contribution in [0, 0.1) is 12.7 Å². The van der Waals surface area contributed by atoms with Gasteiger partial charge in [0.05, 0.1) is 0 Å². The fraction of sp³-hybridized carbons (Fsp3) is 0.200. The molecule has 0 aromatic heterocycles. The van der Waals surface area contributed by atoms with Gasteiger partial charge in [0.2, 0.25) is 0 Å². The Bertz CT molecular complexity index is 474. The molecule has 1 atom stereocenters. The second-order valence-electron chi connectivity index (χ2n) is 4.14. The van der Waals surface area contributed by atoms with E-state index in [1.54, 1.807) is 13.0 Å². The van der Waals surface area contributed by atoms with Gasteiger partial charge in [-0.3, -0.25) is 0 Å². The maximum atomic E-state index is 13.2. The van der Waals surface area contributed by atoms with Crippen molar-refractivity contribution in [1.82, 2.24) is 0 Å². The van der Waals surface area contributed by atoms with Crippen LogP contribution in [0.25, 0.3) is 0 Å². The van der Waals surface area contributed by atoms with Gasteiger partial charge in [0, 0.05) is 5.92 Å². The molecule has 0 spiro atoms. The first-order chi connectivity index (χ1) is 7.68. The topological polar surface area (TPSA) is 0 Å². The van der Waals surface area contributed by atoms with Crippen molar-refractivity contribution in [3.8, 4) is 0 Å². The molecule has 0 N–H and O–H groups in total. The Labute approximate surface area is 95.7 Å². The molecule has 0 saturated carbocycles. The fourth-order valence-electron chi connectivity index (χ4n) is 1.87. The highest BCUT2D eigenvalue weighted by atomic mass is 19.1. The van der Waals surface area contributed by atoms with E-state index in [1.807, 2.05) is 30.3 Å². The molecule has 16 heavy (non-hydrogen) atoms. The van der Waals surface area contributed by atoms with Gasteiger partial charge >= 0.3 is 0 Å². The molecule has 1 unspecified atom stereocenters. The number of rotatable bonds is 2. The van der Waals surface area contributed by atoms with Crippen molar-refractivity contribution in [1.29, 1.82) is 0 Å². The SMILES string of the molecule is Cc1cc(C(C)c2ccccc2)ccc1F. The Morgan fingerprint density at radius 2 is 1.62 bits per heavy atom. The molecule has 2 aromatic carbocycles. The van der Waals surface area contributed by atoms with Crippen LogP contribution in [0.2, 0.25) is 0 Å². The smallest absolute Gasteiger partial charge is 0.126 e. The van der Waals surface area contributed by atoms with Gasteiger partial charge in [0.1, 0.15) is 5.82 Å². The Morgan fingerprint density at radius 1 is 0.938 bits per heavy atom. The van der Waals surface area contributed by atoms with Crippen LogP contribution < -0.4 is 0 Å². The van der Waals surface area contributed by atoms with Gasteiger partial charge in [-0.25, -0.2) is 4.39 Å². The fourth-order valence-corrected chi connectivity index (χ4v) is 1.87. The number of benzene rings is 2. The van der Waals surface area contributed by atoms with E-state index >= 15 is 0 Å². The van der Waals surface area contributed by atoms with Crippen molar-refractivity contribution >= 4 is 0 Å². The average molecular weight is 214 g/mol. The molecule has 0 aliphatic rings. The molecule has 0 heterocycles. The third-order valence-corrected chi connectivity index (χ3v) is 2.98. The van der Waals surface area contributed by atoms with Crippen LogP contribution in [0.15, 0.2) is 48.5 Å². The average Bonchev–Trinajstić information content (AvgIpc) is 2.33. The van der Waals surface area contributed by atoms with E-state index in [9.17, 15) is 4.39 Å². The molecule has 2 rings (SSSR count). The summed E-state index contributed by atoms with van der Waals surface area (Å²) < 4.78 is 13.2. The highest BCUT2D eigenvalue weighted by Gasteiger charge is 2.09. The molecule has 0 aliphatic heterocycles. The lowest BCUT2D eigenvalue weighted by molar-refractivity contribution is 0.617. The van der Waals surface area contributed by atoms with E-state index in [4.69, 9.17) is 0 Å². The van der Waals surface area contributed by atoms with E-state index in [0.717, 1.165) is 5.56 Å². The van der Waals surface area contributed by atoms with E-state index in [0.29, 0.717) is 11.5 Å². The number of hydrogen-bond donors (Lipinski definition) is 0. The number of aryl methyl sites for hydroxylation is 1. The third-order valence-electron chi connectivity index (χ3n) is 2.98. The summed E-state index contributed by atoms with van der Waals surface area (Å²) in [6, 6.07) is 15.6.